The van der Waals surface area contributed by atoms with Gasteiger partial charge in [0.1, 0.15) is 23.7 Å². The zero-order valence-corrected chi connectivity index (χ0v) is 20.0. The molecule has 0 saturated carbocycles. The van der Waals surface area contributed by atoms with Gasteiger partial charge >= 0.3 is 11.5 Å². The molecule has 1 N–H and O–H groups in total. The Hall–Kier alpha value is -3.73. The number of aryl methyl sites for hydroxylation is 1. The zero-order valence-electron chi connectivity index (χ0n) is 19.2. The second-order valence-corrected chi connectivity index (χ2v) is 8.73. The molecule has 0 spiro atoms. The summed E-state index contributed by atoms with van der Waals surface area (Å²) in [6, 6.07) is 11.6. The van der Waals surface area contributed by atoms with Crippen molar-refractivity contribution in [1.82, 2.24) is 24.3 Å². The third-order valence-corrected chi connectivity index (χ3v) is 6.12. The molecule has 36 heavy (non-hydrogen) atoms. The van der Waals surface area contributed by atoms with Gasteiger partial charge in [0.15, 0.2) is 11.6 Å². The van der Waals surface area contributed by atoms with Crippen LogP contribution >= 0.6 is 0 Å². The number of fused-ring (bicyclic) bond motifs is 1. The van der Waals surface area contributed by atoms with Crippen molar-refractivity contribution in [1.29, 1.82) is 0 Å². The largest absolute Gasteiger partial charge is 0.573 e. The highest BCUT2D eigenvalue weighted by atomic mass is 35.5. The smallest absolute Gasteiger partial charge is 0.494 e. The summed E-state index contributed by atoms with van der Waals surface area (Å²) in [7, 11) is 1.58. The number of hydrogen-bond acceptors (Lipinski definition) is 6. The average molecular weight is 520 g/mol. The maximum atomic E-state index is 12.5. The van der Waals surface area contributed by atoms with E-state index in [4.69, 9.17) is 21.3 Å². The van der Waals surface area contributed by atoms with Gasteiger partial charge in [0, 0.05) is 24.2 Å². The van der Waals surface area contributed by atoms with E-state index in [1.165, 1.54) is 12.1 Å². The highest BCUT2D eigenvalue weighted by Crippen LogP contribution is 2.35. The average Bonchev–Trinajstić information content (AvgIpc) is 3.39. The molecule has 12 heteroatoms. The maximum absolute atomic E-state index is 12.5. The van der Waals surface area contributed by atoms with Crippen LogP contribution in [-0.2, 0) is 6.54 Å². The third kappa shape index (κ3) is 5.25. The molecule has 0 fully saturated rings. The van der Waals surface area contributed by atoms with Gasteiger partial charge in [-0.3, -0.25) is 4.57 Å². The lowest BCUT2D eigenvalue weighted by Gasteiger charge is -2.15. The van der Waals surface area contributed by atoms with Crippen molar-refractivity contribution >= 4 is 11.6 Å². The van der Waals surface area contributed by atoms with Crippen LogP contribution in [0.2, 0.25) is 5.15 Å². The number of anilines is 2. The first-order valence-corrected chi connectivity index (χ1v) is 11.7. The number of alkyl halides is 3. The van der Waals surface area contributed by atoms with E-state index >= 15 is 0 Å². The van der Waals surface area contributed by atoms with E-state index in [1.807, 2.05) is 22.9 Å². The molecule has 8 nitrogen and oxygen atoms in total. The monoisotopic (exact) mass is 519 g/mol. The molecule has 2 aromatic heterocycles. The van der Waals surface area contributed by atoms with Crippen molar-refractivity contribution < 1.29 is 34.2 Å². The summed E-state index contributed by atoms with van der Waals surface area (Å²) in [4.78, 5) is 8.83. The predicted molar refractivity (Wildman–Crippen MR) is 123 cm³/mol. The summed E-state index contributed by atoms with van der Waals surface area (Å²) in [6.45, 7) is 0.710. The number of benzene rings is 2. The van der Waals surface area contributed by atoms with Gasteiger partial charge in [-0.1, -0.05) is 18.6 Å². The second kappa shape index (κ2) is 9.73. The third-order valence-electron chi connectivity index (χ3n) is 5.91. The Morgan fingerprint density at radius 1 is 1.11 bits per heavy atom. The van der Waals surface area contributed by atoms with Crippen LogP contribution in [0.3, 0.4) is 0 Å². The Bertz CT molecular complexity index is 1350. The van der Waals surface area contributed by atoms with Crippen molar-refractivity contribution in [2.24, 2.45) is 0 Å². The van der Waals surface area contributed by atoms with E-state index in [0.717, 1.165) is 42.0 Å². The van der Waals surface area contributed by atoms with Crippen molar-refractivity contribution in [3.8, 4) is 17.2 Å². The minimum Gasteiger partial charge on any atom is -0.494 e. The predicted octanol–water partition coefficient (Wildman–Crippen LogP) is 5.13. The van der Waals surface area contributed by atoms with Crippen molar-refractivity contribution in [3.05, 3.63) is 71.5 Å². The first-order chi connectivity index (χ1) is 17.3. The summed E-state index contributed by atoms with van der Waals surface area (Å²) >= 11 is 5.09. The lowest BCUT2D eigenvalue weighted by molar-refractivity contribution is -0.295. The fourth-order valence-corrected chi connectivity index (χ4v) is 4.48. The quantitative estimate of drug-likeness (QED) is 0.380. The fourth-order valence-electron chi connectivity index (χ4n) is 4.32. The van der Waals surface area contributed by atoms with E-state index in [-0.39, 0.29) is 11.7 Å². The molecule has 1 unspecified atom stereocenters. The summed E-state index contributed by atoms with van der Waals surface area (Å²) in [5, 5.41) is 8.36. The van der Waals surface area contributed by atoms with Crippen LogP contribution in [0.1, 0.15) is 36.6 Å². The zero-order chi connectivity index (χ0) is 25.3. The van der Waals surface area contributed by atoms with Crippen LogP contribution < -0.4 is 14.8 Å². The topological polar surface area (TPSA) is 79.0 Å². The number of halogens is 4. The molecular weight excluding hydrogens is 497 g/mol. The number of nitrogens with one attached hydrogen (secondary N) is 1. The van der Waals surface area contributed by atoms with Crippen LogP contribution in [0.5, 0.6) is 11.5 Å². The summed E-state index contributed by atoms with van der Waals surface area (Å²) in [6.07, 6.45) is 1.34. The molecule has 1 aliphatic heterocycles. The second-order valence-electron chi connectivity index (χ2n) is 8.31. The molecule has 1 atom stereocenters. The Morgan fingerprint density at radius 3 is 2.61 bits per heavy atom. The molecular formula is C24H23ClF3N6O2+. The molecule has 3 heterocycles. The van der Waals surface area contributed by atoms with Gasteiger partial charge in [-0.15, -0.1) is 18.3 Å². The molecule has 1 aliphatic rings. The van der Waals surface area contributed by atoms with Gasteiger partial charge in [0.2, 0.25) is 5.95 Å². The summed E-state index contributed by atoms with van der Waals surface area (Å²) in [5.74, 6) is 1.47. The summed E-state index contributed by atoms with van der Waals surface area (Å²) in [5.41, 5.74) is 2.39. The van der Waals surface area contributed by atoms with E-state index < -0.39 is 6.36 Å². The molecule has 5 rings (SSSR count). The van der Waals surface area contributed by atoms with Crippen LogP contribution in [0.4, 0.5) is 24.8 Å². The number of hydrogen-bond donors (Lipinski definition) is 1. The SMILES string of the molecule is COc1cc(Nc2nc3n(n2)CCCCC3c2ccc(OC(F)(F)F)cc2)ccc1-n1cnc([ClH+])c1. The van der Waals surface area contributed by atoms with E-state index in [9.17, 15) is 13.2 Å². The molecule has 4 aromatic rings. The van der Waals surface area contributed by atoms with E-state index in [1.54, 1.807) is 36.3 Å². The lowest BCUT2D eigenvalue weighted by atomic mass is 9.93. The highest BCUT2D eigenvalue weighted by molar-refractivity contribution is 5.62. The van der Waals surface area contributed by atoms with Crippen LogP contribution in [-0.4, -0.2) is 37.8 Å². The van der Waals surface area contributed by atoms with Crippen molar-refractivity contribution in [2.45, 2.75) is 38.1 Å². The molecule has 188 valence electrons. The molecule has 0 radical (unpaired) electrons. The first-order valence-electron chi connectivity index (χ1n) is 11.3. The van der Waals surface area contributed by atoms with Crippen molar-refractivity contribution in [2.75, 3.05) is 12.4 Å². The van der Waals surface area contributed by atoms with Crippen LogP contribution in [0.15, 0.2) is 55.0 Å². The number of ether oxygens (including phenoxy) is 2. The number of rotatable bonds is 6. The van der Waals surface area contributed by atoms with Gasteiger partial charge in [0.25, 0.3) is 0 Å². The normalized spacial score (nSPS) is 15.8. The van der Waals surface area contributed by atoms with Gasteiger partial charge in [-0.25, -0.2) is 4.68 Å². The Morgan fingerprint density at radius 2 is 1.92 bits per heavy atom. The molecule has 0 bridgehead atoms. The van der Waals surface area contributed by atoms with Gasteiger partial charge < -0.3 is 14.8 Å². The Balaban J connectivity index is 1.39. The molecule has 0 aliphatic carbocycles. The molecule has 0 saturated heterocycles. The Kier molecular flexibility index (Phi) is 6.48. The number of aromatic nitrogens is 5. The molecule has 2 aromatic carbocycles. The maximum Gasteiger partial charge on any atom is 0.573 e. The summed E-state index contributed by atoms with van der Waals surface area (Å²) < 4.78 is 50.8. The van der Waals surface area contributed by atoms with E-state index in [2.05, 4.69) is 20.1 Å². The number of imidazole rings is 1. The van der Waals surface area contributed by atoms with Crippen LogP contribution in [0, 0.1) is 11.6 Å². The molecule has 0 amide bonds. The van der Waals surface area contributed by atoms with Crippen LogP contribution in [0.25, 0.3) is 5.69 Å². The van der Waals surface area contributed by atoms with E-state index in [0.29, 0.717) is 23.4 Å². The Labute approximate surface area is 209 Å². The highest BCUT2D eigenvalue weighted by Gasteiger charge is 2.31. The lowest BCUT2D eigenvalue weighted by Crippen LogP contribution is -2.17. The standard InChI is InChI=1S/C24H23ClF3N6O2/c1-35-20-12-16(7-10-19(20)33-13-21(25)29-14-33)30-23-31-22-18(4-2-3-11-34(22)32-23)15-5-8-17(9-6-15)36-24(26,27)28/h5-10,12-14,18,25H,2-4,11H2,1H3,(H,30,32)/q+1. The number of nitrogens with zero attached hydrogens (tertiary/aromatic N) is 5. The minimum atomic E-state index is -4.72. The number of methoxy groups -OCH3 is 1. The van der Waals surface area contributed by atoms with Crippen molar-refractivity contribution in [3.63, 3.8) is 0 Å². The van der Waals surface area contributed by atoms with Gasteiger partial charge in [0.05, 0.1) is 19.0 Å². The first kappa shape index (κ1) is 24.0. The van der Waals surface area contributed by atoms with Gasteiger partial charge in [-0.05, 0) is 42.7 Å². The fraction of sp³-hybridized carbons (Fsp3) is 0.292. The minimum absolute atomic E-state index is 0.0961. The van der Waals surface area contributed by atoms with Gasteiger partial charge in [-0.2, -0.15) is 9.97 Å².